The largest absolute Gasteiger partial charge is 0.468 e. The van der Waals surface area contributed by atoms with E-state index in [1.54, 1.807) is 29.2 Å². The third-order valence-electron chi connectivity index (χ3n) is 3.86. The highest BCUT2D eigenvalue weighted by atomic mass is 32.2. The molecule has 8 heteroatoms. The number of hydrogen-bond acceptors (Lipinski definition) is 6. The first-order valence-corrected chi connectivity index (χ1v) is 9.47. The van der Waals surface area contributed by atoms with Gasteiger partial charge in [-0.15, -0.1) is 0 Å². The van der Waals surface area contributed by atoms with Gasteiger partial charge in [0.05, 0.1) is 23.8 Å². The first-order valence-electron chi connectivity index (χ1n) is 8.48. The first-order chi connectivity index (χ1) is 12.9. The molecule has 0 unspecified atom stereocenters. The number of ether oxygens (including phenoxy) is 1. The summed E-state index contributed by atoms with van der Waals surface area (Å²) in [4.78, 5) is 43.1. The fraction of sp³-hybridized carbons (Fsp3) is 0.368. The van der Waals surface area contributed by atoms with E-state index in [-0.39, 0.29) is 23.8 Å². The second kappa shape index (κ2) is 9.36. The van der Waals surface area contributed by atoms with E-state index in [0.29, 0.717) is 29.1 Å². The molecule has 27 heavy (non-hydrogen) atoms. The van der Waals surface area contributed by atoms with Crippen LogP contribution in [-0.4, -0.2) is 52.3 Å². The number of amides is 1. The van der Waals surface area contributed by atoms with Crippen LogP contribution in [0.4, 0.5) is 0 Å². The number of aromatic nitrogens is 2. The molecule has 144 valence electrons. The van der Waals surface area contributed by atoms with Crippen LogP contribution in [0.1, 0.15) is 13.8 Å². The number of hydrogen-bond donors (Lipinski definition) is 0. The average molecular weight is 389 g/mol. The number of methoxy groups -OCH3 is 1. The summed E-state index contributed by atoms with van der Waals surface area (Å²) in [5.74, 6) is -0.537. The zero-order chi connectivity index (χ0) is 20.0. The van der Waals surface area contributed by atoms with Crippen LogP contribution < -0.4 is 5.56 Å². The molecule has 0 aliphatic heterocycles. The zero-order valence-corrected chi connectivity index (χ0v) is 16.5. The van der Waals surface area contributed by atoms with Crippen molar-refractivity contribution in [3.05, 3.63) is 46.8 Å². The summed E-state index contributed by atoms with van der Waals surface area (Å²) in [6, 6.07) is 6.90. The summed E-state index contributed by atoms with van der Waals surface area (Å²) in [6.45, 7) is 8.38. The van der Waals surface area contributed by atoms with Crippen molar-refractivity contribution < 1.29 is 14.3 Å². The molecule has 0 spiro atoms. The Bertz CT molecular complexity index is 923. The second-order valence-corrected chi connectivity index (χ2v) is 6.98. The summed E-state index contributed by atoms with van der Waals surface area (Å²) in [5.41, 5.74) is 1.07. The quantitative estimate of drug-likeness (QED) is 0.298. The van der Waals surface area contributed by atoms with Crippen LogP contribution in [-0.2, 0) is 20.9 Å². The summed E-state index contributed by atoms with van der Waals surface area (Å²) in [6.07, 6.45) is 0. The van der Waals surface area contributed by atoms with Crippen LogP contribution in [0.25, 0.3) is 10.9 Å². The van der Waals surface area contributed by atoms with Crippen molar-refractivity contribution in [2.75, 3.05) is 26.0 Å². The number of carbonyl (C=O) groups is 2. The average Bonchev–Trinajstić information content (AvgIpc) is 2.66. The number of thioether (sulfide) groups is 1. The predicted octanol–water partition coefficient (Wildman–Crippen LogP) is 2.09. The lowest BCUT2D eigenvalue weighted by Crippen LogP contribution is -2.34. The normalized spacial score (nSPS) is 10.6. The Kier molecular flexibility index (Phi) is 7.18. The predicted molar refractivity (Wildman–Crippen MR) is 106 cm³/mol. The van der Waals surface area contributed by atoms with E-state index in [2.05, 4.69) is 16.3 Å². The van der Waals surface area contributed by atoms with E-state index in [9.17, 15) is 14.4 Å². The number of fused-ring (bicyclic) bond motifs is 1. The van der Waals surface area contributed by atoms with Crippen molar-refractivity contribution in [2.45, 2.75) is 25.5 Å². The van der Waals surface area contributed by atoms with Gasteiger partial charge in [0.15, 0.2) is 5.16 Å². The Morgan fingerprint density at radius 3 is 2.67 bits per heavy atom. The molecule has 2 rings (SSSR count). The topological polar surface area (TPSA) is 81.5 Å². The molecule has 0 aliphatic carbocycles. The van der Waals surface area contributed by atoms with E-state index in [4.69, 9.17) is 0 Å². The SMILES string of the molecule is C=C(C)CN(CC)C(=O)CSc1nc2ccccc2c(=O)n1CC(=O)OC. The fourth-order valence-electron chi connectivity index (χ4n) is 2.51. The van der Waals surface area contributed by atoms with E-state index in [0.717, 1.165) is 17.3 Å². The lowest BCUT2D eigenvalue weighted by molar-refractivity contribution is -0.141. The molecule has 0 fully saturated rings. The van der Waals surface area contributed by atoms with Gasteiger partial charge in [0.2, 0.25) is 5.91 Å². The molecule has 2 aromatic rings. The fourth-order valence-corrected chi connectivity index (χ4v) is 3.41. The Morgan fingerprint density at radius 2 is 2.04 bits per heavy atom. The van der Waals surface area contributed by atoms with Gasteiger partial charge in [-0.2, -0.15) is 0 Å². The van der Waals surface area contributed by atoms with Crippen molar-refractivity contribution >= 4 is 34.5 Å². The zero-order valence-electron chi connectivity index (χ0n) is 15.7. The molecule has 1 heterocycles. The first kappa shape index (κ1) is 20.7. The van der Waals surface area contributed by atoms with E-state index < -0.39 is 5.97 Å². The number of carbonyl (C=O) groups excluding carboxylic acids is 2. The van der Waals surface area contributed by atoms with Gasteiger partial charge >= 0.3 is 5.97 Å². The third kappa shape index (κ3) is 5.19. The third-order valence-corrected chi connectivity index (χ3v) is 4.82. The van der Waals surface area contributed by atoms with Crippen LogP contribution in [0.2, 0.25) is 0 Å². The minimum absolute atomic E-state index is 0.0856. The molecule has 0 aliphatic rings. The number of nitrogens with zero attached hydrogens (tertiary/aromatic N) is 3. The second-order valence-electron chi connectivity index (χ2n) is 6.03. The highest BCUT2D eigenvalue weighted by Gasteiger charge is 2.18. The highest BCUT2D eigenvalue weighted by Crippen LogP contribution is 2.18. The summed E-state index contributed by atoms with van der Waals surface area (Å²) < 4.78 is 5.93. The molecule has 0 bridgehead atoms. The van der Waals surface area contributed by atoms with Gasteiger partial charge in [0.25, 0.3) is 5.56 Å². The standard InChI is InChI=1S/C19H23N3O4S/c1-5-21(10-13(2)3)16(23)12-27-19-20-15-9-7-6-8-14(15)18(25)22(19)11-17(24)26-4/h6-9H,2,5,10-12H2,1,3-4H3. The molecule has 1 aromatic heterocycles. The minimum Gasteiger partial charge on any atom is -0.468 e. The lowest BCUT2D eigenvalue weighted by atomic mass is 10.2. The monoisotopic (exact) mass is 389 g/mol. The molecular formula is C19H23N3O4S. The van der Waals surface area contributed by atoms with Crippen LogP contribution in [0, 0.1) is 0 Å². The number of esters is 1. The molecule has 0 saturated heterocycles. The molecule has 0 radical (unpaired) electrons. The van der Waals surface area contributed by atoms with Crippen LogP contribution >= 0.6 is 11.8 Å². The Hall–Kier alpha value is -2.61. The van der Waals surface area contributed by atoms with Crippen molar-refractivity contribution in [1.29, 1.82) is 0 Å². The Labute approximate surface area is 162 Å². The molecule has 1 amide bonds. The summed E-state index contributed by atoms with van der Waals surface area (Å²) >= 11 is 1.13. The Morgan fingerprint density at radius 1 is 1.33 bits per heavy atom. The van der Waals surface area contributed by atoms with Gasteiger partial charge in [-0.3, -0.25) is 19.0 Å². The number of para-hydroxylation sites is 1. The molecule has 0 saturated carbocycles. The number of rotatable bonds is 8. The van der Waals surface area contributed by atoms with Gasteiger partial charge < -0.3 is 9.64 Å². The maximum absolute atomic E-state index is 12.8. The highest BCUT2D eigenvalue weighted by molar-refractivity contribution is 7.99. The van der Waals surface area contributed by atoms with Gasteiger partial charge in [0, 0.05) is 13.1 Å². The van der Waals surface area contributed by atoms with Crippen molar-refractivity contribution in [3.8, 4) is 0 Å². The number of benzene rings is 1. The van der Waals surface area contributed by atoms with Crippen LogP contribution in [0.5, 0.6) is 0 Å². The molecule has 7 nitrogen and oxygen atoms in total. The Balaban J connectivity index is 2.34. The van der Waals surface area contributed by atoms with E-state index >= 15 is 0 Å². The van der Waals surface area contributed by atoms with Crippen LogP contribution in [0.3, 0.4) is 0 Å². The van der Waals surface area contributed by atoms with Crippen molar-refractivity contribution in [2.24, 2.45) is 0 Å². The summed E-state index contributed by atoms with van der Waals surface area (Å²) in [5, 5.41) is 0.721. The van der Waals surface area contributed by atoms with Crippen LogP contribution in [0.15, 0.2) is 46.4 Å². The smallest absolute Gasteiger partial charge is 0.325 e. The van der Waals surface area contributed by atoms with Crippen molar-refractivity contribution in [3.63, 3.8) is 0 Å². The van der Waals surface area contributed by atoms with E-state index in [1.165, 1.54) is 11.7 Å². The van der Waals surface area contributed by atoms with Crippen molar-refractivity contribution in [1.82, 2.24) is 14.5 Å². The lowest BCUT2D eigenvalue weighted by Gasteiger charge is -2.21. The maximum atomic E-state index is 12.8. The molecule has 0 N–H and O–H groups in total. The molecular weight excluding hydrogens is 366 g/mol. The number of likely N-dealkylation sites (N-methyl/N-ethyl adjacent to an activating group) is 1. The summed E-state index contributed by atoms with van der Waals surface area (Å²) in [7, 11) is 1.26. The molecule has 0 atom stereocenters. The minimum atomic E-state index is -0.556. The van der Waals surface area contributed by atoms with Gasteiger partial charge in [-0.1, -0.05) is 36.0 Å². The van der Waals surface area contributed by atoms with Gasteiger partial charge in [-0.25, -0.2) is 4.98 Å². The van der Waals surface area contributed by atoms with Gasteiger partial charge in [-0.05, 0) is 26.0 Å². The maximum Gasteiger partial charge on any atom is 0.325 e. The van der Waals surface area contributed by atoms with E-state index in [1.807, 2.05) is 13.8 Å². The van der Waals surface area contributed by atoms with Gasteiger partial charge in [0.1, 0.15) is 6.54 Å². The molecule has 1 aromatic carbocycles.